The first-order valence-corrected chi connectivity index (χ1v) is 6.13. The number of hydrogen-bond acceptors (Lipinski definition) is 3. The number of aliphatic hydroxyl groups excluding tert-OH is 1. The van der Waals surface area contributed by atoms with Gasteiger partial charge in [0.2, 0.25) is 0 Å². The minimum absolute atomic E-state index is 0.0470. The molecule has 0 unspecified atom stereocenters. The SMILES string of the molecule is Cc1cscc1C(=O)N(CCO)C1CC1. The predicted octanol–water partition coefficient (Wildman–Crippen LogP) is 1.65. The molecule has 0 bridgehead atoms. The van der Waals surface area contributed by atoms with E-state index in [4.69, 9.17) is 5.11 Å². The van der Waals surface area contributed by atoms with Gasteiger partial charge in [-0.3, -0.25) is 4.79 Å². The maximum Gasteiger partial charge on any atom is 0.255 e. The van der Waals surface area contributed by atoms with Crippen LogP contribution in [0.1, 0.15) is 28.8 Å². The lowest BCUT2D eigenvalue weighted by Gasteiger charge is -2.21. The average molecular weight is 225 g/mol. The molecule has 0 spiro atoms. The molecule has 1 amide bonds. The topological polar surface area (TPSA) is 40.5 Å². The molecule has 0 radical (unpaired) electrons. The first-order chi connectivity index (χ1) is 7.24. The highest BCUT2D eigenvalue weighted by Crippen LogP contribution is 2.29. The van der Waals surface area contributed by atoms with Crippen molar-refractivity contribution in [1.82, 2.24) is 4.90 Å². The van der Waals surface area contributed by atoms with Crippen molar-refractivity contribution in [2.75, 3.05) is 13.2 Å². The lowest BCUT2D eigenvalue weighted by atomic mass is 10.2. The summed E-state index contributed by atoms with van der Waals surface area (Å²) in [5.74, 6) is 0.0744. The number of rotatable bonds is 4. The quantitative estimate of drug-likeness (QED) is 0.846. The number of hydrogen-bond donors (Lipinski definition) is 1. The monoisotopic (exact) mass is 225 g/mol. The van der Waals surface area contributed by atoms with Crippen LogP contribution in [0.3, 0.4) is 0 Å². The Balaban J connectivity index is 2.14. The summed E-state index contributed by atoms with van der Waals surface area (Å²) in [7, 11) is 0. The van der Waals surface area contributed by atoms with Gasteiger partial charge in [-0.25, -0.2) is 0 Å². The van der Waals surface area contributed by atoms with Crippen LogP contribution in [0, 0.1) is 6.92 Å². The number of amides is 1. The van der Waals surface area contributed by atoms with Crippen LogP contribution in [0.5, 0.6) is 0 Å². The van der Waals surface area contributed by atoms with E-state index in [0.717, 1.165) is 24.0 Å². The molecule has 0 saturated heterocycles. The number of thiophene rings is 1. The molecule has 15 heavy (non-hydrogen) atoms. The van der Waals surface area contributed by atoms with Crippen LogP contribution in [0.4, 0.5) is 0 Å². The summed E-state index contributed by atoms with van der Waals surface area (Å²) in [4.78, 5) is 13.9. The Hall–Kier alpha value is -0.870. The summed E-state index contributed by atoms with van der Waals surface area (Å²) in [5, 5.41) is 12.8. The fourth-order valence-corrected chi connectivity index (χ4v) is 2.50. The lowest BCUT2D eigenvalue weighted by Crippen LogP contribution is -2.35. The third kappa shape index (κ3) is 2.21. The Morgan fingerprint density at radius 2 is 2.33 bits per heavy atom. The normalized spacial score (nSPS) is 15.3. The van der Waals surface area contributed by atoms with E-state index >= 15 is 0 Å². The van der Waals surface area contributed by atoms with E-state index in [9.17, 15) is 4.79 Å². The van der Waals surface area contributed by atoms with Gasteiger partial charge in [0.25, 0.3) is 5.91 Å². The van der Waals surface area contributed by atoms with Crippen LogP contribution in [-0.2, 0) is 0 Å². The van der Waals surface area contributed by atoms with Crippen LogP contribution < -0.4 is 0 Å². The van der Waals surface area contributed by atoms with Gasteiger partial charge in [0.15, 0.2) is 0 Å². The smallest absolute Gasteiger partial charge is 0.255 e. The van der Waals surface area contributed by atoms with Gasteiger partial charge in [0.1, 0.15) is 0 Å². The van der Waals surface area contributed by atoms with Crippen molar-refractivity contribution in [1.29, 1.82) is 0 Å². The summed E-state index contributed by atoms with van der Waals surface area (Å²) >= 11 is 1.55. The highest BCUT2D eigenvalue weighted by Gasteiger charge is 2.33. The first kappa shape index (κ1) is 10.6. The van der Waals surface area contributed by atoms with Gasteiger partial charge in [-0.05, 0) is 30.7 Å². The summed E-state index contributed by atoms with van der Waals surface area (Å²) in [6, 6.07) is 0.365. The number of carbonyl (C=O) groups excluding carboxylic acids is 1. The Morgan fingerprint density at radius 1 is 1.60 bits per heavy atom. The van der Waals surface area contributed by atoms with Crippen molar-refractivity contribution in [3.05, 3.63) is 21.9 Å². The minimum atomic E-state index is 0.0470. The number of nitrogens with zero attached hydrogens (tertiary/aromatic N) is 1. The zero-order valence-electron chi connectivity index (χ0n) is 8.77. The average Bonchev–Trinajstić information content (AvgIpc) is 2.97. The van der Waals surface area contributed by atoms with Gasteiger partial charge < -0.3 is 10.0 Å². The second kappa shape index (κ2) is 4.33. The Bertz CT molecular complexity index is 357. The van der Waals surface area contributed by atoms with E-state index in [1.807, 2.05) is 17.7 Å². The van der Waals surface area contributed by atoms with Crippen molar-refractivity contribution >= 4 is 17.2 Å². The molecule has 1 aromatic heterocycles. The van der Waals surface area contributed by atoms with Gasteiger partial charge in [0, 0.05) is 18.0 Å². The second-order valence-corrected chi connectivity index (χ2v) is 4.67. The molecule has 1 heterocycles. The van der Waals surface area contributed by atoms with Crippen molar-refractivity contribution in [3.63, 3.8) is 0 Å². The van der Waals surface area contributed by atoms with E-state index in [1.165, 1.54) is 0 Å². The molecule has 1 aliphatic carbocycles. The largest absolute Gasteiger partial charge is 0.395 e. The van der Waals surface area contributed by atoms with Crippen molar-refractivity contribution in [2.45, 2.75) is 25.8 Å². The van der Waals surface area contributed by atoms with Crippen LogP contribution in [0.25, 0.3) is 0 Å². The van der Waals surface area contributed by atoms with E-state index in [1.54, 1.807) is 16.2 Å². The fraction of sp³-hybridized carbons (Fsp3) is 0.545. The van der Waals surface area contributed by atoms with Crippen molar-refractivity contribution in [3.8, 4) is 0 Å². The van der Waals surface area contributed by atoms with E-state index in [2.05, 4.69) is 0 Å². The highest BCUT2D eigenvalue weighted by molar-refractivity contribution is 7.08. The van der Waals surface area contributed by atoms with Gasteiger partial charge in [-0.15, -0.1) is 0 Å². The standard InChI is InChI=1S/C11H15NO2S/c1-8-6-15-7-10(8)11(14)12(4-5-13)9-2-3-9/h6-7,9,13H,2-5H2,1H3. The van der Waals surface area contributed by atoms with Crippen LogP contribution in [0.15, 0.2) is 10.8 Å². The Labute approximate surface area is 93.3 Å². The molecule has 1 saturated carbocycles. The second-order valence-electron chi connectivity index (χ2n) is 3.92. The molecule has 4 heteroatoms. The lowest BCUT2D eigenvalue weighted by molar-refractivity contribution is 0.0707. The Kier molecular flexibility index (Phi) is 3.07. The van der Waals surface area contributed by atoms with Crippen LogP contribution in [-0.4, -0.2) is 35.1 Å². The summed E-state index contributed by atoms with van der Waals surface area (Å²) in [6.45, 7) is 2.46. The van der Waals surface area contributed by atoms with E-state index in [0.29, 0.717) is 12.6 Å². The zero-order chi connectivity index (χ0) is 10.8. The predicted molar refractivity (Wildman–Crippen MR) is 60.2 cm³/mol. The third-order valence-corrected chi connectivity index (χ3v) is 3.54. The molecule has 1 aliphatic rings. The van der Waals surface area contributed by atoms with Gasteiger partial charge >= 0.3 is 0 Å². The van der Waals surface area contributed by atoms with Gasteiger partial charge in [-0.1, -0.05) is 0 Å². The van der Waals surface area contributed by atoms with Crippen molar-refractivity contribution < 1.29 is 9.90 Å². The van der Waals surface area contributed by atoms with Gasteiger partial charge in [-0.2, -0.15) is 11.3 Å². The summed E-state index contributed by atoms with van der Waals surface area (Å²) in [6.07, 6.45) is 2.16. The molecule has 0 aliphatic heterocycles. The van der Waals surface area contributed by atoms with E-state index in [-0.39, 0.29) is 12.5 Å². The molecule has 2 rings (SSSR count). The number of aliphatic hydroxyl groups is 1. The molecule has 1 N–H and O–H groups in total. The highest BCUT2D eigenvalue weighted by atomic mass is 32.1. The molecular weight excluding hydrogens is 210 g/mol. The number of aryl methyl sites for hydroxylation is 1. The summed E-state index contributed by atoms with van der Waals surface area (Å²) < 4.78 is 0. The molecule has 0 aromatic carbocycles. The van der Waals surface area contributed by atoms with Crippen LogP contribution in [0.2, 0.25) is 0 Å². The summed E-state index contributed by atoms with van der Waals surface area (Å²) in [5.41, 5.74) is 1.83. The molecule has 3 nitrogen and oxygen atoms in total. The maximum atomic E-state index is 12.1. The van der Waals surface area contributed by atoms with Crippen LogP contribution >= 0.6 is 11.3 Å². The minimum Gasteiger partial charge on any atom is -0.395 e. The maximum absolute atomic E-state index is 12.1. The Morgan fingerprint density at radius 3 is 2.80 bits per heavy atom. The molecule has 1 aromatic rings. The van der Waals surface area contributed by atoms with Gasteiger partial charge in [0.05, 0.1) is 12.2 Å². The van der Waals surface area contributed by atoms with Crippen molar-refractivity contribution in [2.24, 2.45) is 0 Å². The molecule has 82 valence electrons. The van der Waals surface area contributed by atoms with E-state index < -0.39 is 0 Å². The third-order valence-electron chi connectivity index (χ3n) is 2.68. The zero-order valence-corrected chi connectivity index (χ0v) is 9.59. The number of carbonyl (C=O) groups is 1. The fourth-order valence-electron chi connectivity index (χ4n) is 1.68. The molecule has 0 atom stereocenters. The first-order valence-electron chi connectivity index (χ1n) is 5.18. The molecular formula is C11H15NO2S. The molecule has 1 fully saturated rings.